The molecule has 0 atom stereocenters. The Balaban J connectivity index is 1.69. The molecule has 0 aromatic heterocycles. The predicted molar refractivity (Wildman–Crippen MR) is 96.8 cm³/mol. The van der Waals surface area contributed by atoms with Crippen LogP contribution in [0.15, 0.2) is 54.6 Å². The van der Waals surface area contributed by atoms with Crippen LogP contribution in [-0.2, 0) is 9.59 Å². The number of hydrogen-bond donors (Lipinski definition) is 0. The van der Waals surface area contributed by atoms with Crippen molar-refractivity contribution in [2.24, 2.45) is 0 Å². The van der Waals surface area contributed by atoms with E-state index in [1.54, 1.807) is 24.3 Å². The van der Waals surface area contributed by atoms with Crippen molar-refractivity contribution in [3.63, 3.8) is 0 Å². The number of nitrogens with zero attached hydrogens (tertiary/aromatic N) is 2. The normalized spacial score (nSPS) is 13.6. The van der Waals surface area contributed by atoms with E-state index in [0.717, 1.165) is 31.7 Å². The minimum absolute atomic E-state index is 0.00249. The minimum atomic E-state index is -0.149. The molecule has 0 saturated carbocycles. The van der Waals surface area contributed by atoms with Gasteiger partial charge in [-0.2, -0.15) is 0 Å². The molecule has 0 unspecified atom stereocenters. The van der Waals surface area contributed by atoms with E-state index in [0.29, 0.717) is 11.4 Å². The third-order valence-electron chi connectivity index (χ3n) is 4.26. The van der Waals surface area contributed by atoms with Crippen LogP contribution >= 0.6 is 0 Å². The first-order valence-corrected chi connectivity index (χ1v) is 8.52. The monoisotopic (exact) mass is 338 g/mol. The number of benzene rings is 2. The number of para-hydroxylation sites is 1. The standard InChI is InChI=1S/C20H22N2O3/c1-16(23)22(15-20(24)21-13-5-6-14-21)17-9-11-19(12-10-17)25-18-7-3-2-4-8-18/h2-4,7-12H,5-6,13-15H2,1H3. The first-order valence-electron chi connectivity index (χ1n) is 8.52. The summed E-state index contributed by atoms with van der Waals surface area (Å²) in [4.78, 5) is 27.7. The van der Waals surface area contributed by atoms with Crippen molar-refractivity contribution in [2.75, 3.05) is 24.5 Å². The number of carbonyl (C=O) groups is 2. The van der Waals surface area contributed by atoms with Gasteiger partial charge in [0.05, 0.1) is 0 Å². The summed E-state index contributed by atoms with van der Waals surface area (Å²) in [5.74, 6) is 1.29. The lowest BCUT2D eigenvalue weighted by atomic mass is 10.2. The van der Waals surface area contributed by atoms with Crippen LogP contribution in [0.25, 0.3) is 0 Å². The van der Waals surface area contributed by atoms with Crippen LogP contribution in [0.5, 0.6) is 11.5 Å². The maximum Gasteiger partial charge on any atom is 0.242 e. The smallest absolute Gasteiger partial charge is 0.242 e. The van der Waals surface area contributed by atoms with E-state index in [4.69, 9.17) is 4.74 Å². The lowest BCUT2D eigenvalue weighted by Gasteiger charge is -2.24. The zero-order chi connectivity index (χ0) is 17.6. The maximum absolute atomic E-state index is 12.3. The first kappa shape index (κ1) is 17.0. The molecule has 3 rings (SSSR count). The number of carbonyl (C=O) groups excluding carboxylic acids is 2. The highest BCUT2D eigenvalue weighted by molar-refractivity contribution is 5.97. The minimum Gasteiger partial charge on any atom is -0.457 e. The van der Waals surface area contributed by atoms with E-state index >= 15 is 0 Å². The molecule has 0 aliphatic carbocycles. The maximum atomic E-state index is 12.3. The zero-order valence-electron chi connectivity index (χ0n) is 14.4. The molecular weight excluding hydrogens is 316 g/mol. The fourth-order valence-electron chi connectivity index (χ4n) is 2.90. The molecule has 130 valence electrons. The highest BCUT2D eigenvalue weighted by atomic mass is 16.5. The first-order chi connectivity index (χ1) is 12.1. The van der Waals surface area contributed by atoms with E-state index in [9.17, 15) is 9.59 Å². The molecule has 25 heavy (non-hydrogen) atoms. The molecule has 0 bridgehead atoms. The number of anilines is 1. The van der Waals surface area contributed by atoms with Gasteiger partial charge in [-0.05, 0) is 49.2 Å². The van der Waals surface area contributed by atoms with Gasteiger partial charge < -0.3 is 14.5 Å². The molecule has 5 nitrogen and oxygen atoms in total. The molecule has 1 aliphatic heterocycles. The molecule has 0 spiro atoms. The highest BCUT2D eigenvalue weighted by Crippen LogP contribution is 2.24. The fraction of sp³-hybridized carbons (Fsp3) is 0.300. The Labute approximate surface area is 147 Å². The Hall–Kier alpha value is -2.82. The Bertz CT molecular complexity index is 722. The van der Waals surface area contributed by atoms with Gasteiger partial charge in [0.25, 0.3) is 0 Å². The quantitative estimate of drug-likeness (QED) is 0.839. The number of likely N-dealkylation sites (tertiary alicyclic amines) is 1. The highest BCUT2D eigenvalue weighted by Gasteiger charge is 2.22. The summed E-state index contributed by atoms with van der Waals surface area (Å²) in [6, 6.07) is 16.7. The van der Waals surface area contributed by atoms with Gasteiger partial charge in [0.1, 0.15) is 18.0 Å². The number of rotatable bonds is 5. The average Bonchev–Trinajstić information content (AvgIpc) is 3.16. The van der Waals surface area contributed by atoms with E-state index in [1.165, 1.54) is 11.8 Å². The van der Waals surface area contributed by atoms with Crippen LogP contribution < -0.4 is 9.64 Å². The van der Waals surface area contributed by atoms with Gasteiger partial charge in [0.2, 0.25) is 11.8 Å². The number of hydrogen-bond acceptors (Lipinski definition) is 3. The summed E-state index contributed by atoms with van der Waals surface area (Å²) in [5, 5.41) is 0. The average molecular weight is 338 g/mol. The Morgan fingerprint density at radius 3 is 2.16 bits per heavy atom. The third-order valence-corrected chi connectivity index (χ3v) is 4.26. The van der Waals surface area contributed by atoms with Gasteiger partial charge in [-0.15, -0.1) is 0 Å². The van der Waals surface area contributed by atoms with Crippen LogP contribution in [0.1, 0.15) is 19.8 Å². The Morgan fingerprint density at radius 2 is 1.56 bits per heavy atom. The summed E-state index contributed by atoms with van der Waals surface area (Å²) in [6.07, 6.45) is 2.08. The van der Waals surface area contributed by atoms with E-state index in [1.807, 2.05) is 35.2 Å². The van der Waals surface area contributed by atoms with Crippen molar-refractivity contribution in [2.45, 2.75) is 19.8 Å². The summed E-state index contributed by atoms with van der Waals surface area (Å²) < 4.78 is 5.76. The van der Waals surface area contributed by atoms with Crippen molar-refractivity contribution in [1.29, 1.82) is 0 Å². The van der Waals surface area contributed by atoms with Crippen LogP contribution in [0.4, 0.5) is 5.69 Å². The molecule has 2 aromatic carbocycles. The van der Waals surface area contributed by atoms with Crippen LogP contribution in [-0.4, -0.2) is 36.3 Å². The van der Waals surface area contributed by atoms with Crippen molar-refractivity contribution in [3.05, 3.63) is 54.6 Å². The molecule has 5 heteroatoms. The molecule has 2 aromatic rings. The van der Waals surface area contributed by atoms with E-state index < -0.39 is 0 Å². The van der Waals surface area contributed by atoms with Gasteiger partial charge in [-0.25, -0.2) is 0 Å². The third kappa shape index (κ3) is 4.38. The second-order valence-corrected chi connectivity index (χ2v) is 6.10. The lowest BCUT2D eigenvalue weighted by molar-refractivity contribution is -0.130. The summed E-state index contributed by atoms with van der Waals surface area (Å²) >= 11 is 0. The van der Waals surface area contributed by atoms with Gasteiger partial charge in [0, 0.05) is 25.7 Å². The van der Waals surface area contributed by atoms with Gasteiger partial charge in [-0.3, -0.25) is 9.59 Å². The van der Waals surface area contributed by atoms with Crippen LogP contribution in [0, 0.1) is 0 Å². The Kier molecular flexibility index (Phi) is 5.33. The molecule has 1 fully saturated rings. The van der Waals surface area contributed by atoms with E-state index in [2.05, 4.69) is 0 Å². The van der Waals surface area contributed by atoms with Crippen LogP contribution in [0.2, 0.25) is 0 Å². The summed E-state index contributed by atoms with van der Waals surface area (Å²) in [5.41, 5.74) is 0.695. The molecule has 0 radical (unpaired) electrons. The molecule has 1 heterocycles. The van der Waals surface area contributed by atoms with Crippen molar-refractivity contribution < 1.29 is 14.3 Å². The summed E-state index contributed by atoms with van der Waals surface area (Å²) in [6.45, 7) is 3.13. The number of ether oxygens (including phenoxy) is 1. The van der Waals surface area contributed by atoms with Crippen molar-refractivity contribution in [3.8, 4) is 11.5 Å². The van der Waals surface area contributed by atoms with E-state index in [-0.39, 0.29) is 18.4 Å². The molecule has 2 amide bonds. The molecule has 0 N–H and O–H groups in total. The van der Waals surface area contributed by atoms with Crippen molar-refractivity contribution in [1.82, 2.24) is 4.90 Å². The molecule has 1 aliphatic rings. The predicted octanol–water partition coefficient (Wildman–Crippen LogP) is 3.45. The second kappa shape index (κ2) is 7.83. The lowest BCUT2D eigenvalue weighted by Crippen LogP contribution is -2.41. The van der Waals surface area contributed by atoms with Crippen molar-refractivity contribution >= 4 is 17.5 Å². The molecule has 1 saturated heterocycles. The topological polar surface area (TPSA) is 49.9 Å². The van der Waals surface area contributed by atoms with Gasteiger partial charge in [0.15, 0.2) is 0 Å². The van der Waals surface area contributed by atoms with Gasteiger partial charge in [-0.1, -0.05) is 18.2 Å². The zero-order valence-corrected chi connectivity index (χ0v) is 14.4. The SMILES string of the molecule is CC(=O)N(CC(=O)N1CCCC1)c1ccc(Oc2ccccc2)cc1. The number of amides is 2. The fourth-order valence-corrected chi connectivity index (χ4v) is 2.90. The van der Waals surface area contributed by atoms with Crippen LogP contribution in [0.3, 0.4) is 0 Å². The van der Waals surface area contributed by atoms with Gasteiger partial charge >= 0.3 is 0 Å². The largest absolute Gasteiger partial charge is 0.457 e. The second-order valence-electron chi connectivity index (χ2n) is 6.10. The summed E-state index contributed by atoms with van der Waals surface area (Å²) in [7, 11) is 0. The molecular formula is C20H22N2O3. The Morgan fingerprint density at radius 1 is 0.960 bits per heavy atom.